The minimum Gasteiger partial charge on any atom is -0.444 e. The first-order valence-corrected chi connectivity index (χ1v) is 10.1. The largest absolute Gasteiger partial charge is 0.444 e. The predicted molar refractivity (Wildman–Crippen MR) is 91.3 cm³/mol. The van der Waals surface area contributed by atoms with E-state index in [0.717, 1.165) is 0 Å². The fourth-order valence-corrected chi connectivity index (χ4v) is 4.09. The summed E-state index contributed by atoms with van der Waals surface area (Å²) in [6.07, 6.45) is 1.10. The van der Waals surface area contributed by atoms with Crippen LogP contribution in [0.2, 0.25) is 0 Å². The van der Waals surface area contributed by atoms with Gasteiger partial charge >= 0.3 is 6.09 Å². The van der Waals surface area contributed by atoms with Crippen molar-refractivity contribution in [3.63, 3.8) is 0 Å². The average Bonchev–Trinajstić information content (AvgIpc) is 2.79. The number of sulfonamides is 1. The van der Waals surface area contributed by atoms with E-state index in [-0.39, 0.29) is 17.6 Å². The molecule has 0 aromatic heterocycles. The van der Waals surface area contributed by atoms with Crippen LogP contribution in [0.25, 0.3) is 0 Å². The van der Waals surface area contributed by atoms with Crippen LogP contribution in [0, 0.1) is 5.41 Å². The number of nitrogens with one attached hydrogen (secondary N) is 1. The lowest BCUT2D eigenvalue weighted by Crippen LogP contribution is -2.54. The van der Waals surface area contributed by atoms with E-state index in [1.165, 1.54) is 0 Å². The zero-order chi connectivity index (χ0) is 18.2. The SMILES string of the molecule is CC(C)S(=O)(=O)N[C@@H]1COCC12CCN(C(=O)OC(C)(C)C)CC2. The van der Waals surface area contributed by atoms with Crippen molar-refractivity contribution in [1.82, 2.24) is 9.62 Å². The van der Waals surface area contributed by atoms with Crippen molar-refractivity contribution in [2.75, 3.05) is 26.3 Å². The monoisotopic (exact) mass is 362 g/mol. The van der Waals surface area contributed by atoms with Gasteiger partial charge in [-0.25, -0.2) is 17.9 Å². The number of carbonyl (C=O) groups excluding carboxylic acids is 1. The summed E-state index contributed by atoms with van der Waals surface area (Å²) < 4.78 is 38.2. The fraction of sp³-hybridized carbons (Fsp3) is 0.938. The van der Waals surface area contributed by atoms with Crippen molar-refractivity contribution < 1.29 is 22.7 Å². The van der Waals surface area contributed by atoms with Gasteiger partial charge in [0.25, 0.3) is 0 Å². The number of nitrogens with zero attached hydrogens (tertiary/aromatic N) is 1. The summed E-state index contributed by atoms with van der Waals surface area (Å²) in [5, 5.41) is -0.475. The van der Waals surface area contributed by atoms with Gasteiger partial charge in [-0.2, -0.15) is 0 Å². The van der Waals surface area contributed by atoms with Gasteiger partial charge in [0, 0.05) is 18.5 Å². The molecule has 8 heteroatoms. The van der Waals surface area contributed by atoms with Crippen molar-refractivity contribution >= 4 is 16.1 Å². The molecule has 2 fully saturated rings. The Morgan fingerprint density at radius 3 is 2.38 bits per heavy atom. The molecule has 2 aliphatic rings. The zero-order valence-electron chi connectivity index (χ0n) is 15.3. The Balaban J connectivity index is 1.99. The van der Waals surface area contributed by atoms with Crippen molar-refractivity contribution in [2.45, 2.75) is 64.4 Å². The van der Waals surface area contributed by atoms with E-state index < -0.39 is 20.9 Å². The van der Waals surface area contributed by atoms with Gasteiger partial charge in [0.15, 0.2) is 0 Å². The second kappa shape index (κ2) is 6.80. The molecule has 2 heterocycles. The van der Waals surface area contributed by atoms with E-state index in [2.05, 4.69) is 4.72 Å². The molecule has 24 heavy (non-hydrogen) atoms. The quantitative estimate of drug-likeness (QED) is 0.826. The van der Waals surface area contributed by atoms with Crippen LogP contribution in [0.5, 0.6) is 0 Å². The van der Waals surface area contributed by atoms with Crippen LogP contribution >= 0.6 is 0 Å². The van der Waals surface area contributed by atoms with Gasteiger partial charge in [0.05, 0.1) is 24.5 Å². The summed E-state index contributed by atoms with van der Waals surface area (Å²) in [6, 6.07) is -0.231. The molecule has 1 amide bonds. The minimum absolute atomic E-state index is 0.231. The number of carbonyl (C=O) groups is 1. The number of likely N-dealkylation sites (tertiary alicyclic amines) is 1. The number of piperidine rings is 1. The van der Waals surface area contributed by atoms with Crippen LogP contribution in [-0.2, 0) is 19.5 Å². The number of hydrogen-bond acceptors (Lipinski definition) is 5. The van der Waals surface area contributed by atoms with Gasteiger partial charge < -0.3 is 14.4 Å². The van der Waals surface area contributed by atoms with E-state index in [1.807, 2.05) is 20.8 Å². The lowest BCUT2D eigenvalue weighted by atomic mass is 9.75. The van der Waals surface area contributed by atoms with E-state index in [9.17, 15) is 13.2 Å². The molecule has 0 radical (unpaired) electrons. The maximum absolute atomic E-state index is 12.2. The molecule has 2 rings (SSSR count). The van der Waals surface area contributed by atoms with Gasteiger partial charge in [-0.05, 0) is 47.5 Å². The van der Waals surface area contributed by atoms with Gasteiger partial charge in [-0.1, -0.05) is 0 Å². The molecule has 2 aliphatic heterocycles. The topological polar surface area (TPSA) is 84.9 Å². The van der Waals surface area contributed by atoms with E-state index in [4.69, 9.17) is 9.47 Å². The molecule has 0 aromatic rings. The van der Waals surface area contributed by atoms with Crippen LogP contribution in [0.15, 0.2) is 0 Å². The summed E-state index contributed by atoms with van der Waals surface area (Å²) in [4.78, 5) is 13.9. The lowest BCUT2D eigenvalue weighted by molar-refractivity contribution is 0.00662. The third-order valence-electron chi connectivity index (χ3n) is 4.75. The number of ether oxygens (including phenoxy) is 2. The van der Waals surface area contributed by atoms with Crippen molar-refractivity contribution in [3.8, 4) is 0 Å². The highest BCUT2D eigenvalue weighted by atomic mass is 32.2. The standard InChI is InChI=1S/C16H30N2O5S/c1-12(2)24(20,21)17-13-10-22-11-16(13)6-8-18(9-7-16)14(19)23-15(3,4)5/h12-13,17H,6-11H2,1-5H3/t13-/m1/s1. The molecule has 7 nitrogen and oxygen atoms in total. The van der Waals surface area contributed by atoms with Gasteiger partial charge in [0.2, 0.25) is 10.0 Å². The molecular formula is C16H30N2O5S. The number of rotatable bonds is 3. The Hall–Kier alpha value is -0.860. The van der Waals surface area contributed by atoms with Crippen LogP contribution in [0.1, 0.15) is 47.5 Å². The third-order valence-corrected chi connectivity index (χ3v) is 6.61. The normalized spacial score (nSPS) is 24.6. The molecule has 1 atom stereocenters. The second-order valence-electron chi connectivity index (χ2n) is 8.11. The van der Waals surface area contributed by atoms with Crippen molar-refractivity contribution in [1.29, 1.82) is 0 Å². The average molecular weight is 362 g/mol. The highest BCUT2D eigenvalue weighted by Crippen LogP contribution is 2.40. The molecule has 140 valence electrons. The van der Waals surface area contributed by atoms with E-state index in [0.29, 0.717) is 39.1 Å². The number of hydrogen-bond donors (Lipinski definition) is 1. The Kier molecular flexibility index (Phi) is 5.52. The number of amides is 1. The highest BCUT2D eigenvalue weighted by Gasteiger charge is 2.48. The maximum Gasteiger partial charge on any atom is 0.410 e. The minimum atomic E-state index is -3.35. The summed E-state index contributed by atoms with van der Waals surface area (Å²) in [7, 11) is -3.35. The van der Waals surface area contributed by atoms with Crippen LogP contribution in [-0.4, -0.2) is 62.6 Å². The van der Waals surface area contributed by atoms with Crippen molar-refractivity contribution in [2.24, 2.45) is 5.41 Å². The summed E-state index contributed by atoms with van der Waals surface area (Å²) in [6.45, 7) is 10.9. The molecule has 0 bridgehead atoms. The Morgan fingerprint density at radius 2 is 1.88 bits per heavy atom. The van der Waals surface area contributed by atoms with E-state index in [1.54, 1.807) is 18.7 Å². The zero-order valence-corrected chi connectivity index (χ0v) is 16.1. The van der Waals surface area contributed by atoms with Crippen LogP contribution < -0.4 is 4.72 Å². The van der Waals surface area contributed by atoms with Crippen LogP contribution in [0.3, 0.4) is 0 Å². The molecule has 2 saturated heterocycles. The maximum atomic E-state index is 12.2. The molecule has 1 N–H and O–H groups in total. The smallest absolute Gasteiger partial charge is 0.410 e. The Bertz CT molecular complexity index is 560. The van der Waals surface area contributed by atoms with Gasteiger partial charge in [-0.15, -0.1) is 0 Å². The van der Waals surface area contributed by atoms with E-state index >= 15 is 0 Å². The summed E-state index contributed by atoms with van der Waals surface area (Å²) in [5.41, 5.74) is -0.751. The fourth-order valence-electron chi connectivity index (χ4n) is 3.10. The highest BCUT2D eigenvalue weighted by molar-refractivity contribution is 7.90. The molecule has 0 unspecified atom stereocenters. The molecule has 0 aromatic carbocycles. The first-order valence-electron chi connectivity index (χ1n) is 8.52. The first kappa shape index (κ1) is 19.5. The first-order chi connectivity index (χ1) is 11.0. The predicted octanol–water partition coefficient (Wildman–Crippen LogP) is 1.73. The molecular weight excluding hydrogens is 332 g/mol. The van der Waals surface area contributed by atoms with Crippen LogP contribution in [0.4, 0.5) is 4.79 Å². The van der Waals surface area contributed by atoms with Crippen molar-refractivity contribution in [3.05, 3.63) is 0 Å². The molecule has 0 saturated carbocycles. The summed E-state index contributed by atoms with van der Waals surface area (Å²) >= 11 is 0. The second-order valence-corrected chi connectivity index (χ2v) is 10.4. The van der Waals surface area contributed by atoms with Gasteiger partial charge in [0.1, 0.15) is 5.60 Å². The molecule has 0 aliphatic carbocycles. The Morgan fingerprint density at radius 1 is 1.29 bits per heavy atom. The summed E-state index contributed by atoms with van der Waals surface area (Å²) in [5.74, 6) is 0. The molecule has 1 spiro atoms. The van der Waals surface area contributed by atoms with Gasteiger partial charge in [-0.3, -0.25) is 0 Å². The Labute approximate surface area is 145 Å². The lowest BCUT2D eigenvalue weighted by Gasteiger charge is -2.42. The third kappa shape index (κ3) is 4.40.